The number of rotatable bonds is 0. The van der Waals surface area contributed by atoms with Crippen molar-refractivity contribution in [2.45, 2.75) is 76.7 Å². The fourth-order valence-electron chi connectivity index (χ4n) is 10.7. The van der Waals surface area contributed by atoms with Crippen molar-refractivity contribution >= 4 is 5.78 Å². The zero-order valence-corrected chi connectivity index (χ0v) is 16.0. The van der Waals surface area contributed by atoms with Gasteiger partial charge in [-0.15, -0.1) is 0 Å². The topological polar surface area (TPSA) is 49.8 Å². The standard InChI is InChI=1S/C22H31NO3/c1-19-4-3-5-22-15-9-12-8-13(17(22)23-6-7-26-18(19)23)21(15,11-20(12,2)25)10-14(24)16(19)22/h12-13,15-18,25H,3-11H2,1-2H3/t12-,13-,15+,16-,17+,18+,19+,20-,21+,22+/m0/s1. The highest BCUT2D eigenvalue weighted by Crippen LogP contribution is 2.83. The molecule has 4 heteroatoms. The number of piperidine rings is 1. The molecule has 2 aliphatic heterocycles. The number of nitrogens with zero attached hydrogens (tertiary/aromatic N) is 1. The second kappa shape index (κ2) is 4.11. The van der Waals surface area contributed by atoms with E-state index in [0.29, 0.717) is 29.6 Å². The normalized spacial score (nSPS) is 67.6. The summed E-state index contributed by atoms with van der Waals surface area (Å²) in [6, 6.07) is 0.533. The number of Topliss-reactive ketones (excluding diaryl/α,β-unsaturated/α-hetero) is 1. The lowest BCUT2D eigenvalue weighted by Crippen LogP contribution is -2.71. The van der Waals surface area contributed by atoms with Gasteiger partial charge in [-0.05, 0) is 62.2 Å². The number of hydrogen-bond donors (Lipinski definition) is 1. The van der Waals surface area contributed by atoms with Crippen LogP contribution >= 0.6 is 0 Å². The first-order chi connectivity index (χ1) is 12.3. The molecule has 6 bridgehead atoms. The molecule has 0 aromatic carbocycles. The predicted molar refractivity (Wildman–Crippen MR) is 95.1 cm³/mol. The van der Waals surface area contributed by atoms with Gasteiger partial charge in [-0.3, -0.25) is 9.69 Å². The largest absolute Gasteiger partial charge is 0.390 e. The third-order valence-corrected chi connectivity index (χ3v) is 10.8. The van der Waals surface area contributed by atoms with Gasteiger partial charge in [0.15, 0.2) is 0 Å². The summed E-state index contributed by atoms with van der Waals surface area (Å²) in [5, 5.41) is 11.2. The molecule has 10 atom stereocenters. The van der Waals surface area contributed by atoms with Crippen LogP contribution in [-0.4, -0.2) is 46.8 Å². The van der Waals surface area contributed by atoms with Crippen molar-refractivity contribution in [1.82, 2.24) is 4.90 Å². The van der Waals surface area contributed by atoms with Crippen LogP contribution in [0.2, 0.25) is 0 Å². The summed E-state index contributed by atoms with van der Waals surface area (Å²) in [4.78, 5) is 16.5. The average Bonchev–Trinajstić information content (AvgIpc) is 3.04. The van der Waals surface area contributed by atoms with Crippen LogP contribution in [0.3, 0.4) is 0 Å². The van der Waals surface area contributed by atoms with E-state index in [1.165, 1.54) is 19.3 Å². The maximum atomic E-state index is 13.7. The second-order valence-electron chi connectivity index (χ2n) is 11.5. The lowest BCUT2D eigenvalue weighted by atomic mass is 9.38. The van der Waals surface area contributed by atoms with Crippen molar-refractivity contribution in [3.05, 3.63) is 0 Å². The van der Waals surface area contributed by atoms with Gasteiger partial charge in [0, 0.05) is 35.8 Å². The van der Waals surface area contributed by atoms with Crippen LogP contribution in [0.1, 0.15) is 58.8 Å². The van der Waals surface area contributed by atoms with Gasteiger partial charge >= 0.3 is 0 Å². The lowest BCUT2D eigenvalue weighted by Gasteiger charge is -2.68. The van der Waals surface area contributed by atoms with Gasteiger partial charge in [-0.1, -0.05) is 13.3 Å². The van der Waals surface area contributed by atoms with Crippen LogP contribution < -0.4 is 0 Å². The number of ether oxygens (including phenoxy) is 1. The van der Waals surface area contributed by atoms with E-state index >= 15 is 0 Å². The molecule has 1 N–H and O–H groups in total. The number of hydrogen-bond acceptors (Lipinski definition) is 4. The number of fused-ring (bicyclic) bond motifs is 4. The van der Waals surface area contributed by atoms with Crippen LogP contribution in [0, 0.1) is 39.9 Å². The molecule has 8 aliphatic rings. The van der Waals surface area contributed by atoms with Gasteiger partial charge < -0.3 is 9.84 Å². The summed E-state index contributed by atoms with van der Waals surface area (Å²) < 4.78 is 6.34. The molecule has 0 amide bonds. The Balaban J connectivity index is 1.52. The third kappa shape index (κ3) is 1.28. The molecule has 6 aliphatic carbocycles. The first kappa shape index (κ1) is 15.5. The Bertz CT molecular complexity index is 735. The molecule has 2 spiro atoms. The summed E-state index contributed by atoms with van der Waals surface area (Å²) in [6.07, 6.45) is 7.70. The molecule has 0 aromatic heterocycles. The molecule has 6 saturated carbocycles. The summed E-state index contributed by atoms with van der Waals surface area (Å²) >= 11 is 0. The van der Waals surface area contributed by atoms with Crippen LogP contribution in [-0.2, 0) is 9.53 Å². The van der Waals surface area contributed by atoms with Crippen LogP contribution in [0.4, 0.5) is 0 Å². The monoisotopic (exact) mass is 357 g/mol. The van der Waals surface area contributed by atoms with Gasteiger partial charge in [-0.2, -0.15) is 0 Å². The molecule has 2 saturated heterocycles. The third-order valence-electron chi connectivity index (χ3n) is 10.8. The van der Waals surface area contributed by atoms with E-state index < -0.39 is 5.60 Å². The predicted octanol–water partition coefficient (Wildman–Crippen LogP) is 2.59. The van der Waals surface area contributed by atoms with Crippen LogP contribution in [0.15, 0.2) is 0 Å². The molecule has 142 valence electrons. The minimum Gasteiger partial charge on any atom is -0.390 e. The number of ketones is 1. The fourth-order valence-corrected chi connectivity index (χ4v) is 10.7. The smallest absolute Gasteiger partial charge is 0.137 e. The van der Waals surface area contributed by atoms with Crippen LogP contribution in [0.5, 0.6) is 0 Å². The maximum absolute atomic E-state index is 13.7. The van der Waals surface area contributed by atoms with E-state index in [9.17, 15) is 9.90 Å². The lowest BCUT2D eigenvalue weighted by molar-refractivity contribution is -0.240. The Hall–Kier alpha value is -0.450. The van der Waals surface area contributed by atoms with Gasteiger partial charge in [-0.25, -0.2) is 0 Å². The van der Waals surface area contributed by atoms with Crippen molar-refractivity contribution in [2.24, 2.45) is 39.9 Å². The zero-order chi connectivity index (χ0) is 17.7. The SMILES string of the molecule is C[C@]12CCC[C@]34[C@@H]5C[C@@H]6C[C@@H]([C@H]3N3CCO[C@@H]31)[C@@]5(CC(=O)[C@@H]24)C[C@]6(C)O. The molecular formula is C22H31NO3. The highest BCUT2D eigenvalue weighted by Gasteiger charge is 2.84. The second-order valence-corrected chi connectivity index (χ2v) is 11.5. The van der Waals surface area contributed by atoms with E-state index in [0.717, 1.165) is 38.8 Å². The molecule has 8 fully saturated rings. The number of aliphatic hydroxyl groups is 1. The Morgan fingerprint density at radius 1 is 1.23 bits per heavy atom. The van der Waals surface area contributed by atoms with Crippen molar-refractivity contribution in [3.8, 4) is 0 Å². The average molecular weight is 357 g/mol. The van der Waals surface area contributed by atoms with Gasteiger partial charge in [0.1, 0.15) is 12.0 Å². The van der Waals surface area contributed by atoms with Gasteiger partial charge in [0.2, 0.25) is 0 Å². The van der Waals surface area contributed by atoms with Gasteiger partial charge in [0.25, 0.3) is 0 Å². The zero-order valence-electron chi connectivity index (χ0n) is 16.0. The van der Waals surface area contributed by atoms with E-state index in [4.69, 9.17) is 4.74 Å². The summed E-state index contributed by atoms with van der Waals surface area (Å²) in [5.41, 5.74) is -0.305. The van der Waals surface area contributed by atoms with Crippen molar-refractivity contribution in [2.75, 3.05) is 13.2 Å². The molecule has 4 nitrogen and oxygen atoms in total. The molecule has 0 aromatic rings. The number of carbonyl (C=O) groups is 1. The number of carbonyl (C=O) groups excluding carboxylic acids is 1. The highest BCUT2D eigenvalue weighted by molar-refractivity contribution is 5.86. The maximum Gasteiger partial charge on any atom is 0.137 e. The summed E-state index contributed by atoms with van der Waals surface area (Å²) in [7, 11) is 0. The summed E-state index contributed by atoms with van der Waals surface area (Å²) in [6.45, 7) is 6.32. The minimum atomic E-state index is -0.566. The Kier molecular flexibility index (Phi) is 2.45. The molecule has 2 heterocycles. The Morgan fingerprint density at radius 3 is 2.92 bits per heavy atom. The van der Waals surface area contributed by atoms with Gasteiger partial charge in [0.05, 0.1) is 12.2 Å². The first-order valence-electron chi connectivity index (χ1n) is 11.0. The van der Waals surface area contributed by atoms with E-state index in [-0.39, 0.29) is 28.4 Å². The first-order valence-corrected chi connectivity index (χ1v) is 11.0. The minimum absolute atomic E-state index is 0.00316. The van der Waals surface area contributed by atoms with E-state index in [1.807, 2.05) is 0 Å². The molecule has 0 unspecified atom stereocenters. The van der Waals surface area contributed by atoms with E-state index in [2.05, 4.69) is 18.7 Å². The highest BCUT2D eigenvalue weighted by atomic mass is 16.5. The van der Waals surface area contributed by atoms with Crippen molar-refractivity contribution < 1.29 is 14.6 Å². The molecule has 8 rings (SSSR count). The Labute approximate surface area is 155 Å². The van der Waals surface area contributed by atoms with Crippen LogP contribution in [0.25, 0.3) is 0 Å². The summed E-state index contributed by atoms with van der Waals surface area (Å²) in [5.74, 6) is 2.43. The fraction of sp³-hybridized carbons (Fsp3) is 0.955. The van der Waals surface area contributed by atoms with Crippen molar-refractivity contribution in [3.63, 3.8) is 0 Å². The quantitative estimate of drug-likeness (QED) is 0.724. The van der Waals surface area contributed by atoms with Crippen molar-refractivity contribution in [1.29, 1.82) is 0 Å². The molecule has 0 radical (unpaired) electrons. The Morgan fingerprint density at radius 2 is 2.08 bits per heavy atom. The van der Waals surface area contributed by atoms with E-state index in [1.54, 1.807) is 0 Å². The molecule has 26 heavy (non-hydrogen) atoms. The molecular weight excluding hydrogens is 326 g/mol.